The van der Waals surface area contributed by atoms with Crippen molar-refractivity contribution in [1.82, 2.24) is 10.3 Å². The first-order valence-corrected chi connectivity index (χ1v) is 9.74. The van der Waals surface area contributed by atoms with Crippen LogP contribution in [0.25, 0.3) is 10.8 Å². The van der Waals surface area contributed by atoms with Crippen LogP contribution in [-0.4, -0.2) is 30.2 Å². The number of aromatic nitrogens is 1. The van der Waals surface area contributed by atoms with Crippen LogP contribution in [0.4, 0.5) is 0 Å². The molecule has 29 heavy (non-hydrogen) atoms. The van der Waals surface area contributed by atoms with Crippen LogP contribution in [-0.2, 0) is 11.2 Å². The first-order chi connectivity index (χ1) is 14.2. The first kappa shape index (κ1) is 19.0. The molecule has 1 aliphatic rings. The third-order valence-corrected chi connectivity index (χ3v) is 5.40. The number of carbonyl (C=O) groups excluding carboxylic acids is 1. The number of pyridine rings is 1. The van der Waals surface area contributed by atoms with Gasteiger partial charge in [0.1, 0.15) is 6.04 Å². The average Bonchev–Trinajstić information content (AvgIpc) is 2.75. The molecule has 146 valence electrons. The number of dihydropyridines is 1. The predicted molar refractivity (Wildman–Crippen MR) is 117 cm³/mol. The van der Waals surface area contributed by atoms with Gasteiger partial charge < -0.3 is 11.1 Å². The number of amides is 1. The summed E-state index contributed by atoms with van der Waals surface area (Å²) < 4.78 is 0. The Kier molecular flexibility index (Phi) is 5.49. The Bertz CT molecular complexity index is 1060. The average molecular weight is 384 g/mol. The fourth-order valence-electron chi connectivity index (χ4n) is 3.97. The SMILES string of the molecule is NC(=O)C(NCC1(Cc2cccnc2)C=CC=NC1)c1cccc2ccccc12. The lowest BCUT2D eigenvalue weighted by Gasteiger charge is -2.33. The van der Waals surface area contributed by atoms with Crippen molar-refractivity contribution in [1.29, 1.82) is 0 Å². The quantitative estimate of drug-likeness (QED) is 0.656. The van der Waals surface area contributed by atoms with E-state index >= 15 is 0 Å². The van der Waals surface area contributed by atoms with E-state index in [1.165, 1.54) is 0 Å². The van der Waals surface area contributed by atoms with Crippen LogP contribution in [0, 0.1) is 5.41 Å². The Morgan fingerprint density at radius 3 is 2.76 bits per heavy atom. The molecule has 2 aromatic carbocycles. The highest BCUT2D eigenvalue weighted by molar-refractivity contribution is 5.92. The number of carbonyl (C=O) groups is 1. The lowest BCUT2D eigenvalue weighted by molar-refractivity contribution is -0.120. The zero-order valence-corrected chi connectivity index (χ0v) is 16.2. The van der Waals surface area contributed by atoms with E-state index in [9.17, 15) is 4.79 Å². The molecule has 0 aliphatic carbocycles. The summed E-state index contributed by atoms with van der Waals surface area (Å²) in [6.45, 7) is 1.22. The summed E-state index contributed by atoms with van der Waals surface area (Å²) >= 11 is 0. The number of benzene rings is 2. The van der Waals surface area contributed by atoms with Crippen molar-refractivity contribution in [2.75, 3.05) is 13.1 Å². The Balaban J connectivity index is 1.61. The van der Waals surface area contributed by atoms with Crippen molar-refractivity contribution < 1.29 is 4.79 Å². The van der Waals surface area contributed by atoms with Gasteiger partial charge in [0.05, 0.1) is 0 Å². The largest absolute Gasteiger partial charge is 0.368 e. The van der Waals surface area contributed by atoms with Crippen molar-refractivity contribution in [3.05, 3.63) is 90.3 Å². The van der Waals surface area contributed by atoms with Crippen LogP contribution in [0.5, 0.6) is 0 Å². The third kappa shape index (κ3) is 4.25. The van der Waals surface area contributed by atoms with Gasteiger partial charge in [0.15, 0.2) is 0 Å². The highest BCUT2D eigenvalue weighted by Gasteiger charge is 2.31. The number of nitrogens with two attached hydrogens (primary N) is 1. The minimum absolute atomic E-state index is 0.240. The van der Waals surface area contributed by atoms with Gasteiger partial charge in [0.2, 0.25) is 5.91 Å². The number of nitrogens with zero attached hydrogens (tertiary/aromatic N) is 2. The molecule has 1 aliphatic heterocycles. The van der Waals surface area contributed by atoms with Crippen molar-refractivity contribution >= 4 is 22.9 Å². The Morgan fingerprint density at radius 1 is 1.14 bits per heavy atom. The Labute approximate surface area is 170 Å². The summed E-state index contributed by atoms with van der Waals surface area (Å²) in [5.74, 6) is -0.388. The molecule has 0 saturated heterocycles. The van der Waals surface area contributed by atoms with E-state index in [-0.39, 0.29) is 11.3 Å². The molecular weight excluding hydrogens is 360 g/mol. The zero-order valence-electron chi connectivity index (χ0n) is 16.2. The van der Waals surface area contributed by atoms with Crippen LogP contribution in [0.1, 0.15) is 17.2 Å². The molecule has 1 amide bonds. The molecule has 0 bridgehead atoms. The summed E-state index contributed by atoms with van der Waals surface area (Å²) in [4.78, 5) is 21.1. The summed E-state index contributed by atoms with van der Waals surface area (Å²) in [7, 11) is 0. The second-order valence-corrected chi connectivity index (χ2v) is 7.53. The van der Waals surface area contributed by atoms with Crippen molar-refractivity contribution in [3.8, 4) is 0 Å². The van der Waals surface area contributed by atoms with Crippen LogP contribution in [0.3, 0.4) is 0 Å². The minimum Gasteiger partial charge on any atom is -0.368 e. The maximum atomic E-state index is 12.4. The summed E-state index contributed by atoms with van der Waals surface area (Å²) in [5.41, 5.74) is 7.61. The molecule has 4 rings (SSSR count). The summed E-state index contributed by atoms with van der Waals surface area (Å²) in [6, 6.07) is 17.4. The molecular formula is C24H24N4O. The predicted octanol–water partition coefficient (Wildman–Crippen LogP) is 3.22. The van der Waals surface area contributed by atoms with Crippen LogP contribution >= 0.6 is 0 Å². The smallest absolute Gasteiger partial charge is 0.239 e. The maximum absolute atomic E-state index is 12.4. The van der Waals surface area contributed by atoms with Gasteiger partial charge in [-0.3, -0.25) is 14.8 Å². The van der Waals surface area contributed by atoms with E-state index in [1.807, 2.05) is 67.0 Å². The lowest BCUT2D eigenvalue weighted by atomic mass is 9.80. The fourth-order valence-corrected chi connectivity index (χ4v) is 3.97. The number of fused-ring (bicyclic) bond motifs is 1. The normalized spacial score (nSPS) is 19.3. The van der Waals surface area contributed by atoms with E-state index < -0.39 is 6.04 Å². The molecule has 5 nitrogen and oxygen atoms in total. The molecule has 2 atom stereocenters. The molecule has 0 spiro atoms. The van der Waals surface area contributed by atoms with Crippen molar-refractivity contribution in [2.45, 2.75) is 12.5 Å². The second kappa shape index (κ2) is 8.37. The van der Waals surface area contributed by atoms with Gasteiger partial charge in [-0.25, -0.2) is 0 Å². The van der Waals surface area contributed by atoms with E-state index in [1.54, 1.807) is 6.20 Å². The molecule has 3 N–H and O–H groups in total. The summed E-state index contributed by atoms with van der Waals surface area (Å²) in [6.07, 6.45) is 10.4. The molecule has 0 fully saturated rings. The summed E-state index contributed by atoms with van der Waals surface area (Å²) in [5, 5.41) is 5.56. The second-order valence-electron chi connectivity index (χ2n) is 7.53. The first-order valence-electron chi connectivity index (χ1n) is 9.74. The zero-order chi connectivity index (χ0) is 20.1. The van der Waals surface area contributed by atoms with E-state index in [0.29, 0.717) is 13.1 Å². The molecule has 3 aromatic rings. The number of allylic oxidation sites excluding steroid dienone is 1. The van der Waals surface area contributed by atoms with Crippen LogP contribution in [0.15, 0.2) is 84.1 Å². The van der Waals surface area contributed by atoms with E-state index in [4.69, 9.17) is 5.73 Å². The number of rotatable bonds is 7. The lowest BCUT2D eigenvalue weighted by Crippen LogP contribution is -2.43. The van der Waals surface area contributed by atoms with Gasteiger partial charge in [-0.15, -0.1) is 0 Å². The van der Waals surface area contributed by atoms with Crippen molar-refractivity contribution in [3.63, 3.8) is 0 Å². The van der Waals surface area contributed by atoms with Gasteiger partial charge in [0.25, 0.3) is 0 Å². The maximum Gasteiger partial charge on any atom is 0.239 e. The van der Waals surface area contributed by atoms with Gasteiger partial charge in [-0.1, -0.05) is 54.6 Å². The third-order valence-electron chi connectivity index (χ3n) is 5.40. The Morgan fingerprint density at radius 2 is 2.00 bits per heavy atom. The molecule has 0 radical (unpaired) electrons. The fraction of sp³-hybridized carbons (Fsp3) is 0.208. The number of aliphatic imine (C=N–C) groups is 1. The highest BCUT2D eigenvalue weighted by Crippen LogP contribution is 2.29. The van der Waals surface area contributed by atoms with Gasteiger partial charge >= 0.3 is 0 Å². The molecule has 0 saturated carbocycles. The van der Waals surface area contributed by atoms with Crippen LogP contribution < -0.4 is 11.1 Å². The molecule has 2 heterocycles. The van der Waals surface area contributed by atoms with E-state index in [2.05, 4.69) is 27.4 Å². The van der Waals surface area contributed by atoms with Gasteiger partial charge in [-0.05, 0) is 40.5 Å². The van der Waals surface area contributed by atoms with Gasteiger partial charge in [0, 0.05) is 37.1 Å². The number of hydrogen-bond acceptors (Lipinski definition) is 4. The van der Waals surface area contributed by atoms with Crippen LogP contribution in [0.2, 0.25) is 0 Å². The number of primary amides is 1. The molecule has 5 heteroatoms. The number of hydrogen-bond donors (Lipinski definition) is 2. The van der Waals surface area contributed by atoms with E-state index in [0.717, 1.165) is 28.3 Å². The number of nitrogens with one attached hydrogen (secondary N) is 1. The Hall–Kier alpha value is -3.31. The highest BCUT2D eigenvalue weighted by atomic mass is 16.1. The van der Waals surface area contributed by atoms with Gasteiger partial charge in [-0.2, -0.15) is 0 Å². The molecule has 1 aromatic heterocycles. The van der Waals surface area contributed by atoms with Crippen molar-refractivity contribution in [2.24, 2.45) is 16.1 Å². The molecule has 2 unspecified atom stereocenters. The topological polar surface area (TPSA) is 80.4 Å². The minimum atomic E-state index is -0.578. The standard InChI is InChI=1S/C24H24N4O/c25-23(29)22(21-10-3-8-19-7-1-2-9-20(19)21)28-17-24(11-5-13-27-16-24)14-18-6-4-12-26-15-18/h1-13,15,22,28H,14,16-17H2,(H2,25,29). The monoisotopic (exact) mass is 384 g/mol.